The van der Waals surface area contributed by atoms with Crippen LogP contribution >= 0.6 is 11.6 Å². The Hall–Kier alpha value is -2.34. The second-order valence-corrected chi connectivity index (χ2v) is 5.50. The number of ether oxygens (including phenoxy) is 1. The van der Waals surface area contributed by atoms with Gasteiger partial charge in [0.2, 0.25) is 5.76 Å². The molecule has 1 aromatic carbocycles. The van der Waals surface area contributed by atoms with Gasteiger partial charge in [-0.3, -0.25) is 9.59 Å². The van der Waals surface area contributed by atoms with Crippen molar-refractivity contribution in [2.24, 2.45) is 0 Å². The number of carbonyl (C=O) groups is 2. The Labute approximate surface area is 137 Å². The fraction of sp³-hybridized carbons (Fsp3) is 0.312. The Balaban J connectivity index is 2.11. The maximum Gasteiger partial charge on any atom is 0.374 e. The van der Waals surface area contributed by atoms with Crippen LogP contribution in [0.1, 0.15) is 30.8 Å². The maximum absolute atomic E-state index is 12.0. The third-order valence-corrected chi connectivity index (χ3v) is 3.48. The van der Waals surface area contributed by atoms with E-state index in [0.29, 0.717) is 5.02 Å². The van der Waals surface area contributed by atoms with Crippen molar-refractivity contribution in [3.05, 3.63) is 45.3 Å². The van der Waals surface area contributed by atoms with Crippen molar-refractivity contribution in [2.45, 2.75) is 26.3 Å². The highest BCUT2D eigenvalue weighted by Crippen LogP contribution is 2.17. The number of carbonyl (C=O) groups excluding carboxylic acids is 2. The van der Waals surface area contributed by atoms with Crippen LogP contribution in [0.3, 0.4) is 0 Å². The lowest BCUT2D eigenvalue weighted by molar-refractivity contribution is -0.124. The smallest absolute Gasteiger partial charge is 0.374 e. The van der Waals surface area contributed by atoms with Crippen LogP contribution in [-0.2, 0) is 9.53 Å². The molecular weight excluding hydrogens is 322 g/mol. The van der Waals surface area contributed by atoms with E-state index in [1.54, 1.807) is 6.07 Å². The van der Waals surface area contributed by atoms with Gasteiger partial charge in [-0.15, -0.1) is 0 Å². The SMILES string of the molecule is CC[C@@H](C)NC(=O)COC(=O)c1cc(=O)c2cc(Cl)ccc2o1. The molecule has 0 saturated heterocycles. The van der Waals surface area contributed by atoms with Gasteiger partial charge in [-0.2, -0.15) is 0 Å². The number of esters is 1. The van der Waals surface area contributed by atoms with Crippen molar-refractivity contribution >= 4 is 34.4 Å². The molecule has 0 aliphatic heterocycles. The molecule has 0 bridgehead atoms. The van der Waals surface area contributed by atoms with Gasteiger partial charge in [-0.05, 0) is 31.5 Å². The van der Waals surface area contributed by atoms with Crippen molar-refractivity contribution in [2.75, 3.05) is 6.61 Å². The topological polar surface area (TPSA) is 85.6 Å². The predicted molar refractivity (Wildman–Crippen MR) is 85.7 cm³/mol. The molecule has 1 N–H and O–H groups in total. The van der Waals surface area contributed by atoms with Crippen LogP contribution in [-0.4, -0.2) is 24.5 Å². The van der Waals surface area contributed by atoms with E-state index in [0.717, 1.165) is 12.5 Å². The van der Waals surface area contributed by atoms with Crippen molar-refractivity contribution in [3.63, 3.8) is 0 Å². The van der Waals surface area contributed by atoms with Crippen molar-refractivity contribution in [1.82, 2.24) is 5.32 Å². The number of halogens is 1. The highest BCUT2D eigenvalue weighted by atomic mass is 35.5. The van der Waals surface area contributed by atoms with Crippen LogP contribution in [0.25, 0.3) is 11.0 Å². The summed E-state index contributed by atoms with van der Waals surface area (Å²) in [5.41, 5.74) is -0.192. The van der Waals surface area contributed by atoms with Gasteiger partial charge in [0, 0.05) is 17.1 Å². The summed E-state index contributed by atoms with van der Waals surface area (Å²) in [5, 5.41) is 3.32. The van der Waals surface area contributed by atoms with Crippen molar-refractivity contribution < 1.29 is 18.7 Å². The van der Waals surface area contributed by atoms with Gasteiger partial charge in [0.05, 0.1) is 5.39 Å². The minimum Gasteiger partial charge on any atom is -0.450 e. The summed E-state index contributed by atoms with van der Waals surface area (Å²) < 4.78 is 10.2. The number of hydrogen-bond acceptors (Lipinski definition) is 5. The Bertz CT molecular complexity index is 799. The van der Waals surface area contributed by atoms with E-state index >= 15 is 0 Å². The molecule has 1 aromatic heterocycles. The molecular formula is C16H16ClNO5. The lowest BCUT2D eigenvalue weighted by atomic mass is 10.2. The van der Waals surface area contributed by atoms with Gasteiger partial charge in [-0.1, -0.05) is 18.5 Å². The van der Waals surface area contributed by atoms with Gasteiger partial charge in [0.15, 0.2) is 12.0 Å². The van der Waals surface area contributed by atoms with E-state index in [-0.39, 0.29) is 22.8 Å². The average Bonchev–Trinajstić information content (AvgIpc) is 2.52. The Kier molecular flexibility index (Phi) is 5.39. The molecule has 0 radical (unpaired) electrons. The fourth-order valence-electron chi connectivity index (χ4n) is 1.85. The third-order valence-electron chi connectivity index (χ3n) is 3.24. The summed E-state index contributed by atoms with van der Waals surface area (Å²) in [6, 6.07) is 5.50. The second kappa shape index (κ2) is 7.28. The van der Waals surface area contributed by atoms with Gasteiger partial charge in [0.25, 0.3) is 5.91 Å². The fourth-order valence-corrected chi connectivity index (χ4v) is 2.02. The lowest BCUT2D eigenvalue weighted by Gasteiger charge is -2.11. The number of rotatable bonds is 5. The zero-order valence-electron chi connectivity index (χ0n) is 12.7. The molecule has 0 unspecified atom stereocenters. The molecule has 0 fully saturated rings. The molecule has 2 rings (SSSR count). The number of hydrogen-bond donors (Lipinski definition) is 1. The molecule has 0 spiro atoms. The number of benzene rings is 1. The average molecular weight is 338 g/mol. The molecule has 7 heteroatoms. The predicted octanol–water partition coefficient (Wildman–Crippen LogP) is 2.52. The Morgan fingerprint density at radius 3 is 2.78 bits per heavy atom. The summed E-state index contributed by atoms with van der Waals surface area (Å²) in [6.07, 6.45) is 0.766. The number of fused-ring (bicyclic) bond motifs is 1. The van der Waals surface area contributed by atoms with E-state index in [9.17, 15) is 14.4 Å². The molecule has 122 valence electrons. The normalized spacial score (nSPS) is 12.0. The first kappa shape index (κ1) is 17.0. The second-order valence-electron chi connectivity index (χ2n) is 5.07. The molecule has 23 heavy (non-hydrogen) atoms. The van der Waals surface area contributed by atoms with Crippen LogP contribution in [0.5, 0.6) is 0 Å². The Morgan fingerprint density at radius 2 is 2.09 bits per heavy atom. The zero-order chi connectivity index (χ0) is 17.0. The molecule has 2 aromatic rings. The monoisotopic (exact) mass is 337 g/mol. The van der Waals surface area contributed by atoms with Gasteiger partial charge in [-0.25, -0.2) is 4.79 Å². The molecule has 0 aliphatic carbocycles. The summed E-state index contributed by atoms with van der Waals surface area (Å²) in [6.45, 7) is 3.33. The molecule has 6 nitrogen and oxygen atoms in total. The van der Waals surface area contributed by atoms with Gasteiger partial charge < -0.3 is 14.5 Å². The van der Waals surface area contributed by atoms with Crippen molar-refractivity contribution in [1.29, 1.82) is 0 Å². The van der Waals surface area contributed by atoms with E-state index in [4.69, 9.17) is 20.8 Å². The highest BCUT2D eigenvalue weighted by Gasteiger charge is 2.16. The maximum atomic E-state index is 12.0. The summed E-state index contributed by atoms with van der Waals surface area (Å²) in [4.78, 5) is 35.4. The molecule has 1 atom stereocenters. The first-order valence-corrected chi connectivity index (χ1v) is 7.48. The summed E-state index contributed by atoms with van der Waals surface area (Å²) in [5.74, 6) is -1.55. The molecule has 1 amide bonds. The molecule has 0 aliphatic rings. The van der Waals surface area contributed by atoms with E-state index in [2.05, 4.69) is 5.32 Å². The van der Waals surface area contributed by atoms with Crippen LogP contribution in [0.2, 0.25) is 5.02 Å². The summed E-state index contributed by atoms with van der Waals surface area (Å²) in [7, 11) is 0. The lowest BCUT2D eigenvalue weighted by Crippen LogP contribution is -2.35. The first-order chi connectivity index (χ1) is 10.9. The number of amides is 1. The standard InChI is InChI=1S/C16H16ClNO5/c1-3-9(2)18-15(20)8-22-16(21)14-7-12(19)11-6-10(17)4-5-13(11)23-14/h4-7,9H,3,8H2,1-2H3,(H,18,20)/t9-/m1/s1. The van der Waals surface area contributed by atoms with E-state index in [1.807, 2.05) is 13.8 Å². The molecule has 0 saturated carbocycles. The van der Waals surface area contributed by atoms with Crippen LogP contribution < -0.4 is 10.7 Å². The van der Waals surface area contributed by atoms with E-state index in [1.165, 1.54) is 12.1 Å². The van der Waals surface area contributed by atoms with Crippen LogP contribution in [0.4, 0.5) is 0 Å². The van der Waals surface area contributed by atoms with Gasteiger partial charge in [0.1, 0.15) is 5.58 Å². The third kappa shape index (κ3) is 4.32. The quantitative estimate of drug-likeness (QED) is 0.847. The molecule has 1 heterocycles. The largest absolute Gasteiger partial charge is 0.450 e. The minimum atomic E-state index is -0.877. The van der Waals surface area contributed by atoms with Crippen LogP contribution in [0.15, 0.2) is 33.5 Å². The van der Waals surface area contributed by atoms with E-state index < -0.39 is 23.9 Å². The Morgan fingerprint density at radius 1 is 1.35 bits per heavy atom. The highest BCUT2D eigenvalue weighted by molar-refractivity contribution is 6.31. The summed E-state index contributed by atoms with van der Waals surface area (Å²) >= 11 is 5.81. The first-order valence-electron chi connectivity index (χ1n) is 7.10. The van der Waals surface area contributed by atoms with Gasteiger partial charge >= 0.3 is 5.97 Å². The van der Waals surface area contributed by atoms with Crippen molar-refractivity contribution in [3.8, 4) is 0 Å². The zero-order valence-corrected chi connectivity index (χ0v) is 13.5. The van der Waals surface area contributed by atoms with Crippen LogP contribution in [0, 0.1) is 0 Å². The number of nitrogens with one attached hydrogen (secondary N) is 1. The minimum absolute atomic E-state index is 0.00967.